The summed E-state index contributed by atoms with van der Waals surface area (Å²) < 4.78 is 0. The number of aliphatic hydroxyl groups is 2. The van der Waals surface area contributed by atoms with Gasteiger partial charge in [0, 0.05) is 38.8 Å². The minimum atomic E-state index is 0.240. The summed E-state index contributed by atoms with van der Waals surface area (Å²) in [7, 11) is 0. The fraction of sp³-hybridized carbons (Fsp3) is 1.00. The molecule has 1 rings (SSSR count). The van der Waals surface area contributed by atoms with E-state index >= 15 is 0 Å². The smallest absolute Gasteiger partial charge is 0.0558 e. The molecule has 0 bridgehead atoms. The summed E-state index contributed by atoms with van der Waals surface area (Å²) in [5, 5.41) is 17.6. The average Bonchev–Trinajstić information content (AvgIpc) is 2.26. The second-order valence-electron chi connectivity index (χ2n) is 3.63. The minimum Gasteiger partial charge on any atom is -0.395 e. The molecule has 0 unspecified atom stereocenters. The number of piperazine rings is 1. The number of hydrogen-bond donors (Lipinski definition) is 2. The highest BCUT2D eigenvalue weighted by molar-refractivity contribution is 4.78. The van der Waals surface area contributed by atoms with Gasteiger partial charge in [-0.25, -0.2) is 0 Å². The fourth-order valence-corrected chi connectivity index (χ4v) is 1.88. The summed E-state index contributed by atoms with van der Waals surface area (Å²) in [5.74, 6) is 0. The van der Waals surface area contributed by atoms with Gasteiger partial charge in [0.2, 0.25) is 0 Å². The lowest BCUT2D eigenvalue weighted by Gasteiger charge is -2.39. The summed E-state index contributed by atoms with van der Waals surface area (Å²) in [4.78, 5) is 4.55. The first-order chi connectivity index (χ1) is 7.27. The normalized spacial score (nSPS) is 23.4. The molecule has 0 aromatic heterocycles. The van der Waals surface area contributed by atoms with Crippen LogP contribution in [0.4, 0.5) is 0 Å². The molecule has 0 radical (unpaired) electrons. The van der Waals surface area contributed by atoms with Crippen LogP contribution in [0.1, 0.15) is 20.8 Å². The summed E-state index contributed by atoms with van der Waals surface area (Å²) >= 11 is 0. The van der Waals surface area contributed by atoms with Gasteiger partial charge in [-0.05, 0) is 6.92 Å². The zero-order chi connectivity index (χ0) is 11.7. The summed E-state index contributed by atoms with van der Waals surface area (Å²) in [6.45, 7) is 11.2. The third kappa shape index (κ3) is 5.47. The lowest BCUT2D eigenvalue weighted by molar-refractivity contribution is 0.0592. The minimum absolute atomic E-state index is 0.240. The van der Waals surface area contributed by atoms with Gasteiger partial charge in [0.1, 0.15) is 0 Å². The molecule has 0 aromatic rings. The van der Waals surface area contributed by atoms with Gasteiger partial charge in [-0.15, -0.1) is 0 Å². The van der Waals surface area contributed by atoms with Crippen molar-refractivity contribution < 1.29 is 10.2 Å². The van der Waals surface area contributed by atoms with Gasteiger partial charge in [-0.2, -0.15) is 0 Å². The van der Waals surface area contributed by atoms with Crippen molar-refractivity contribution in [1.29, 1.82) is 0 Å². The van der Waals surface area contributed by atoms with E-state index < -0.39 is 0 Å². The Hall–Kier alpha value is -0.160. The molecule has 1 aliphatic rings. The highest BCUT2D eigenvalue weighted by Gasteiger charge is 2.22. The topological polar surface area (TPSA) is 46.9 Å². The highest BCUT2D eigenvalue weighted by Crippen LogP contribution is 2.07. The van der Waals surface area contributed by atoms with Crippen molar-refractivity contribution >= 4 is 0 Å². The van der Waals surface area contributed by atoms with Crippen molar-refractivity contribution in [2.45, 2.75) is 26.8 Å². The first-order valence-corrected chi connectivity index (χ1v) is 5.96. The van der Waals surface area contributed by atoms with Crippen LogP contribution >= 0.6 is 0 Å². The number of aliphatic hydroxyl groups excluding tert-OH is 2. The van der Waals surface area contributed by atoms with Gasteiger partial charge in [-0.3, -0.25) is 9.80 Å². The van der Waals surface area contributed by atoms with Gasteiger partial charge in [0.15, 0.2) is 0 Å². The number of hydrogen-bond acceptors (Lipinski definition) is 4. The van der Waals surface area contributed by atoms with E-state index in [0.717, 1.165) is 32.7 Å². The van der Waals surface area contributed by atoms with Crippen molar-refractivity contribution in [2.75, 3.05) is 45.9 Å². The summed E-state index contributed by atoms with van der Waals surface area (Å²) in [6.07, 6.45) is 0. The van der Waals surface area contributed by atoms with E-state index in [1.807, 2.05) is 13.8 Å². The largest absolute Gasteiger partial charge is 0.395 e. The molecule has 2 N–H and O–H groups in total. The third-order valence-electron chi connectivity index (χ3n) is 2.65. The molecular weight excluding hydrogens is 192 g/mol. The monoisotopic (exact) mass is 218 g/mol. The molecule has 1 saturated heterocycles. The van der Waals surface area contributed by atoms with Crippen molar-refractivity contribution in [3.8, 4) is 0 Å². The van der Waals surface area contributed by atoms with Crippen LogP contribution in [0, 0.1) is 0 Å². The first kappa shape index (κ1) is 14.8. The van der Waals surface area contributed by atoms with Crippen LogP contribution in [0.3, 0.4) is 0 Å². The zero-order valence-corrected chi connectivity index (χ0v) is 10.3. The van der Waals surface area contributed by atoms with Crippen LogP contribution in [0.2, 0.25) is 0 Å². The van der Waals surface area contributed by atoms with E-state index in [1.165, 1.54) is 0 Å². The lowest BCUT2D eigenvalue weighted by Crippen LogP contribution is -2.52. The number of rotatable bonds is 4. The molecular formula is C11H26N2O2. The van der Waals surface area contributed by atoms with Crippen molar-refractivity contribution in [3.05, 3.63) is 0 Å². The predicted molar refractivity (Wildman–Crippen MR) is 63.0 cm³/mol. The van der Waals surface area contributed by atoms with Crippen molar-refractivity contribution in [3.63, 3.8) is 0 Å². The van der Waals surface area contributed by atoms with Crippen LogP contribution in [0.15, 0.2) is 0 Å². The molecule has 92 valence electrons. The Morgan fingerprint density at radius 3 is 2.13 bits per heavy atom. The molecule has 0 amide bonds. The standard InChI is InChI=1S/C9H20N2O2.C2H6/c1-9-8-10(4-6-12)2-3-11(9)5-7-13;1-2/h9,12-13H,2-8H2,1H3;1-2H3/t9-;/m0./s1. The third-order valence-corrected chi connectivity index (χ3v) is 2.65. The van der Waals surface area contributed by atoms with Gasteiger partial charge < -0.3 is 10.2 Å². The molecule has 15 heavy (non-hydrogen) atoms. The maximum Gasteiger partial charge on any atom is 0.0558 e. The van der Waals surface area contributed by atoms with Gasteiger partial charge >= 0.3 is 0 Å². The van der Waals surface area contributed by atoms with Crippen LogP contribution in [-0.2, 0) is 0 Å². The number of nitrogens with zero attached hydrogens (tertiary/aromatic N) is 2. The van der Waals surface area contributed by atoms with Crippen LogP contribution in [-0.4, -0.2) is 72.0 Å². The predicted octanol–water partition coefficient (Wildman–Crippen LogP) is 0.00330. The lowest BCUT2D eigenvalue weighted by atomic mass is 10.2. The molecule has 1 aliphatic heterocycles. The Kier molecular flexibility index (Phi) is 9.00. The number of β-amino-alcohol motifs (C(OH)–C–C–N with tert-alkyl or cyclic N) is 2. The molecule has 1 fully saturated rings. The zero-order valence-electron chi connectivity index (χ0n) is 10.3. The van der Waals surface area contributed by atoms with E-state index in [0.29, 0.717) is 6.04 Å². The summed E-state index contributed by atoms with van der Waals surface area (Å²) in [6, 6.07) is 0.493. The van der Waals surface area contributed by atoms with E-state index in [9.17, 15) is 0 Å². The first-order valence-electron chi connectivity index (χ1n) is 5.96. The Morgan fingerprint density at radius 2 is 1.67 bits per heavy atom. The molecule has 4 heteroatoms. The molecule has 1 atom stereocenters. The van der Waals surface area contributed by atoms with E-state index in [2.05, 4.69) is 16.7 Å². The van der Waals surface area contributed by atoms with Gasteiger partial charge in [0.25, 0.3) is 0 Å². The SMILES string of the molecule is CC.C[C@H]1CN(CCO)CCN1CCO. The second kappa shape index (κ2) is 9.09. The van der Waals surface area contributed by atoms with E-state index in [-0.39, 0.29) is 13.2 Å². The van der Waals surface area contributed by atoms with Crippen LogP contribution in [0.5, 0.6) is 0 Å². The maximum absolute atomic E-state index is 8.81. The molecule has 1 heterocycles. The molecule has 0 spiro atoms. The second-order valence-corrected chi connectivity index (χ2v) is 3.63. The van der Waals surface area contributed by atoms with Crippen LogP contribution < -0.4 is 0 Å². The van der Waals surface area contributed by atoms with Crippen molar-refractivity contribution in [1.82, 2.24) is 9.80 Å². The van der Waals surface area contributed by atoms with E-state index in [1.54, 1.807) is 0 Å². The maximum atomic E-state index is 8.81. The average molecular weight is 218 g/mol. The van der Waals surface area contributed by atoms with Gasteiger partial charge in [0.05, 0.1) is 13.2 Å². The Bertz CT molecular complexity index is 145. The Balaban J connectivity index is 0.000000921. The Labute approximate surface area is 93.5 Å². The summed E-state index contributed by atoms with van der Waals surface area (Å²) in [5.41, 5.74) is 0. The van der Waals surface area contributed by atoms with Crippen LogP contribution in [0.25, 0.3) is 0 Å². The molecule has 4 nitrogen and oxygen atoms in total. The van der Waals surface area contributed by atoms with Crippen molar-refractivity contribution in [2.24, 2.45) is 0 Å². The molecule has 0 aromatic carbocycles. The highest BCUT2D eigenvalue weighted by atomic mass is 16.3. The molecule has 0 aliphatic carbocycles. The fourth-order valence-electron chi connectivity index (χ4n) is 1.88. The Morgan fingerprint density at radius 1 is 1.07 bits per heavy atom. The quantitative estimate of drug-likeness (QED) is 0.697. The van der Waals surface area contributed by atoms with E-state index in [4.69, 9.17) is 10.2 Å². The van der Waals surface area contributed by atoms with Gasteiger partial charge in [-0.1, -0.05) is 13.8 Å². The molecule has 0 saturated carbocycles.